The molecule has 3 nitrogen and oxygen atoms in total. The van der Waals surface area contributed by atoms with Crippen LogP contribution in [-0.4, -0.2) is 13.0 Å². The molecule has 1 aromatic carbocycles. The van der Waals surface area contributed by atoms with E-state index in [2.05, 4.69) is 0 Å². The van der Waals surface area contributed by atoms with Crippen LogP contribution in [0.25, 0.3) is 6.08 Å². The summed E-state index contributed by atoms with van der Waals surface area (Å²) in [7, 11) is -4.08. The fraction of sp³-hybridized carbons (Fsp3) is 0.111. The predicted octanol–water partition coefficient (Wildman–Crippen LogP) is 2.59. The summed E-state index contributed by atoms with van der Waals surface area (Å²) in [6, 6.07) is 6.61. The molecule has 1 aromatic rings. The molecule has 0 aliphatic heterocycles. The Morgan fingerprint density at radius 2 is 1.86 bits per heavy atom. The van der Waals surface area contributed by atoms with Gasteiger partial charge in [0.1, 0.15) is 0 Å². The molecular weight excluding hydrogens is 224 g/mol. The van der Waals surface area contributed by atoms with Gasteiger partial charge < -0.3 is 0 Å². The van der Waals surface area contributed by atoms with Crippen molar-refractivity contribution >= 4 is 27.8 Å². The Morgan fingerprint density at radius 3 is 2.29 bits per heavy atom. The zero-order chi connectivity index (χ0) is 10.8. The Kier molecular flexibility index (Phi) is 3.31. The van der Waals surface area contributed by atoms with E-state index in [4.69, 9.17) is 16.2 Å². The van der Waals surface area contributed by atoms with E-state index in [1.807, 2.05) is 0 Å². The first-order valence-corrected chi connectivity index (χ1v) is 5.63. The lowest BCUT2D eigenvalue weighted by Gasteiger charge is -1.97. The highest BCUT2D eigenvalue weighted by molar-refractivity contribution is 7.89. The third kappa shape index (κ3) is 3.14. The maximum Gasteiger partial charge on any atom is 0.290 e. The highest BCUT2D eigenvalue weighted by Crippen LogP contribution is 2.14. The van der Waals surface area contributed by atoms with Gasteiger partial charge in [0, 0.05) is 5.02 Å². The minimum atomic E-state index is -4.08. The van der Waals surface area contributed by atoms with Crippen molar-refractivity contribution in [1.82, 2.24) is 0 Å². The van der Waals surface area contributed by atoms with Crippen LogP contribution in [0.15, 0.2) is 29.2 Å². The number of benzene rings is 1. The summed E-state index contributed by atoms with van der Waals surface area (Å²) in [5.74, 6) is 0. The second kappa shape index (κ2) is 4.13. The Labute approximate surface area is 87.8 Å². The molecule has 0 unspecified atom stereocenters. The van der Waals surface area contributed by atoms with Crippen LogP contribution in [0.1, 0.15) is 12.5 Å². The minimum absolute atomic E-state index is 0.0974. The summed E-state index contributed by atoms with van der Waals surface area (Å²) in [6.45, 7) is 1.32. The lowest BCUT2D eigenvalue weighted by Crippen LogP contribution is -1.97. The molecule has 0 fully saturated rings. The van der Waals surface area contributed by atoms with Crippen molar-refractivity contribution in [3.8, 4) is 0 Å². The van der Waals surface area contributed by atoms with Gasteiger partial charge in [0.2, 0.25) is 0 Å². The molecule has 14 heavy (non-hydrogen) atoms. The molecule has 0 spiro atoms. The summed E-state index contributed by atoms with van der Waals surface area (Å²) in [5.41, 5.74) is 0.671. The number of hydrogen-bond acceptors (Lipinski definition) is 2. The fourth-order valence-corrected chi connectivity index (χ4v) is 1.28. The summed E-state index contributed by atoms with van der Waals surface area (Å²) in [6.07, 6.45) is 1.37. The monoisotopic (exact) mass is 232 g/mol. The first kappa shape index (κ1) is 11.2. The Morgan fingerprint density at radius 1 is 1.36 bits per heavy atom. The summed E-state index contributed by atoms with van der Waals surface area (Å²) >= 11 is 5.65. The molecule has 1 rings (SSSR count). The van der Waals surface area contributed by atoms with Crippen molar-refractivity contribution in [2.45, 2.75) is 6.92 Å². The third-order valence-electron chi connectivity index (χ3n) is 1.65. The lowest BCUT2D eigenvalue weighted by molar-refractivity contribution is 0.491. The molecule has 0 bridgehead atoms. The van der Waals surface area contributed by atoms with Crippen LogP contribution in [-0.2, 0) is 10.1 Å². The third-order valence-corrected chi connectivity index (χ3v) is 2.83. The highest BCUT2D eigenvalue weighted by Gasteiger charge is 2.06. The van der Waals surface area contributed by atoms with Gasteiger partial charge in [-0.25, -0.2) is 0 Å². The van der Waals surface area contributed by atoms with Gasteiger partial charge in [-0.2, -0.15) is 8.42 Å². The molecule has 0 saturated heterocycles. The molecule has 0 amide bonds. The SMILES string of the molecule is C/C(=C/c1ccc(Cl)cc1)S(=O)(=O)O. The van der Waals surface area contributed by atoms with Gasteiger partial charge in [0.05, 0.1) is 4.91 Å². The van der Waals surface area contributed by atoms with Gasteiger partial charge >= 0.3 is 0 Å². The maximum absolute atomic E-state index is 10.7. The zero-order valence-electron chi connectivity index (χ0n) is 7.44. The Hall–Kier alpha value is -0.840. The molecule has 0 aliphatic rings. The first-order valence-electron chi connectivity index (χ1n) is 3.81. The van der Waals surface area contributed by atoms with Crippen LogP contribution >= 0.6 is 11.6 Å². The zero-order valence-corrected chi connectivity index (χ0v) is 9.01. The first-order chi connectivity index (χ1) is 6.39. The second-order valence-corrected chi connectivity index (χ2v) is 4.81. The second-order valence-electron chi connectivity index (χ2n) is 2.78. The number of allylic oxidation sites excluding steroid dienone is 1. The molecule has 76 valence electrons. The van der Waals surface area contributed by atoms with E-state index in [0.717, 1.165) is 0 Å². The van der Waals surface area contributed by atoms with Crippen LogP contribution in [0, 0.1) is 0 Å². The average Bonchev–Trinajstić information content (AvgIpc) is 2.07. The molecule has 0 aromatic heterocycles. The van der Waals surface area contributed by atoms with Crippen LogP contribution in [0.2, 0.25) is 5.02 Å². The predicted molar refractivity (Wildman–Crippen MR) is 56.7 cm³/mol. The van der Waals surface area contributed by atoms with E-state index < -0.39 is 10.1 Å². The fourth-order valence-electron chi connectivity index (χ4n) is 0.868. The van der Waals surface area contributed by atoms with E-state index in [-0.39, 0.29) is 4.91 Å². The standard InChI is InChI=1S/C9H9ClO3S/c1-7(14(11,12)13)6-8-2-4-9(10)5-3-8/h2-6H,1H3,(H,11,12,13)/b7-6-. The van der Waals surface area contributed by atoms with Gasteiger partial charge in [-0.05, 0) is 30.7 Å². The molecule has 1 N–H and O–H groups in total. The van der Waals surface area contributed by atoms with Crippen LogP contribution in [0.3, 0.4) is 0 Å². The number of hydrogen-bond donors (Lipinski definition) is 1. The van der Waals surface area contributed by atoms with Crippen molar-refractivity contribution in [3.63, 3.8) is 0 Å². The van der Waals surface area contributed by atoms with E-state index >= 15 is 0 Å². The van der Waals surface area contributed by atoms with Crippen LogP contribution in [0.4, 0.5) is 0 Å². The normalized spacial score (nSPS) is 12.9. The van der Waals surface area contributed by atoms with E-state index in [0.29, 0.717) is 10.6 Å². The van der Waals surface area contributed by atoms with Gasteiger partial charge in [-0.3, -0.25) is 4.55 Å². The largest absolute Gasteiger partial charge is 0.290 e. The number of rotatable bonds is 2. The quantitative estimate of drug-likeness (QED) is 0.798. The van der Waals surface area contributed by atoms with Gasteiger partial charge in [-0.15, -0.1) is 0 Å². The molecule has 0 saturated carbocycles. The van der Waals surface area contributed by atoms with E-state index in [9.17, 15) is 8.42 Å². The topological polar surface area (TPSA) is 54.4 Å². The molecular formula is C9H9ClO3S. The molecule has 5 heteroatoms. The van der Waals surface area contributed by atoms with Gasteiger partial charge in [0.15, 0.2) is 0 Å². The summed E-state index contributed by atoms with van der Waals surface area (Å²) in [4.78, 5) is -0.0974. The molecule has 0 radical (unpaired) electrons. The van der Waals surface area contributed by atoms with E-state index in [1.54, 1.807) is 24.3 Å². The van der Waals surface area contributed by atoms with Gasteiger partial charge in [0.25, 0.3) is 10.1 Å². The van der Waals surface area contributed by atoms with Crippen molar-refractivity contribution in [2.75, 3.05) is 0 Å². The molecule has 0 atom stereocenters. The van der Waals surface area contributed by atoms with Crippen molar-refractivity contribution in [1.29, 1.82) is 0 Å². The smallest absolute Gasteiger partial charge is 0.282 e. The summed E-state index contributed by atoms with van der Waals surface area (Å²) < 4.78 is 30.0. The van der Waals surface area contributed by atoms with Crippen LogP contribution in [0.5, 0.6) is 0 Å². The van der Waals surface area contributed by atoms with Crippen LogP contribution < -0.4 is 0 Å². The Bertz CT molecular complexity index is 445. The molecule has 0 aliphatic carbocycles. The van der Waals surface area contributed by atoms with Crippen molar-refractivity contribution in [2.24, 2.45) is 0 Å². The highest BCUT2D eigenvalue weighted by atomic mass is 35.5. The van der Waals surface area contributed by atoms with Crippen molar-refractivity contribution in [3.05, 3.63) is 39.8 Å². The Balaban J connectivity index is 3.05. The lowest BCUT2D eigenvalue weighted by atomic mass is 10.2. The maximum atomic E-state index is 10.7. The van der Waals surface area contributed by atoms with Gasteiger partial charge in [-0.1, -0.05) is 23.7 Å². The number of halogens is 1. The average molecular weight is 233 g/mol. The molecule has 0 heterocycles. The minimum Gasteiger partial charge on any atom is -0.282 e. The summed E-state index contributed by atoms with van der Waals surface area (Å²) in [5, 5.41) is 0.576. The van der Waals surface area contributed by atoms with Crippen molar-refractivity contribution < 1.29 is 13.0 Å². The van der Waals surface area contributed by atoms with E-state index in [1.165, 1.54) is 13.0 Å².